The monoisotopic (exact) mass is 466 g/mol. The van der Waals surface area contributed by atoms with Crippen LogP contribution in [0.15, 0.2) is 53.6 Å². The van der Waals surface area contributed by atoms with Crippen LogP contribution in [0.2, 0.25) is 0 Å². The summed E-state index contributed by atoms with van der Waals surface area (Å²) in [4.78, 5) is 27.8. The fraction of sp³-hybridized carbons (Fsp3) is 0.440. The third-order valence-electron chi connectivity index (χ3n) is 6.23. The molecule has 0 saturated carbocycles. The Bertz CT molecular complexity index is 1060. The molecule has 0 radical (unpaired) electrons. The first-order valence-electron chi connectivity index (χ1n) is 11.2. The number of nitrogens with one attached hydrogen (secondary N) is 1. The Kier molecular flexibility index (Phi) is 7.49. The summed E-state index contributed by atoms with van der Waals surface area (Å²) in [6.07, 6.45) is -0.488. The summed E-state index contributed by atoms with van der Waals surface area (Å²) in [7, 11) is 5.83. The van der Waals surface area contributed by atoms with Gasteiger partial charge in [0, 0.05) is 22.8 Å². The van der Waals surface area contributed by atoms with Crippen molar-refractivity contribution in [3.05, 3.63) is 70.1 Å². The van der Waals surface area contributed by atoms with E-state index in [2.05, 4.69) is 27.5 Å². The quantitative estimate of drug-likeness (QED) is 0.233. The van der Waals surface area contributed by atoms with Crippen LogP contribution in [-0.4, -0.2) is 68.5 Å². The number of ether oxygens (including phenoxy) is 1. The van der Waals surface area contributed by atoms with E-state index in [1.165, 1.54) is 0 Å². The topological polar surface area (TPSA) is 124 Å². The number of fused-ring (bicyclic) bond motifs is 3. The molecule has 0 spiro atoms. The van der Waals surface area contributed by atoms with Crippen molar-refractivity contribution >= 4 is 12.1 Å². The molecule has 2 aromatic carbocycles. The fourth-order valence-corrected chi connectivity index (χ4v) is 5.04. The highest BCUT2D eigenvalue weighted by atomic mass is 16.5. The molecule has 1 aliphatic rings. The Hall–Kier alpha value is -3.55. The number of carbonyl (C=O) groups is 2. The van der Waals surface area contributed by atoms with Crippen molar-refractivity contribution in [2.75, 3.05) is 40.8 Å². The summed E-state index contributed by atoms with van der Waals surface area (Å²) in [5.41, 5.74) is 12.2. The zero-order valence-electron chi connectivity index (χ0n) is 20.1. The lowest BCUT2D eigenvalue weighted by Gasteiger charge is -2.40. The molecule has 1 aliphatic carbocycles. The Balaban J connectivity index is 1.76. The molecular weight excluding hydrogens is 434 g/mol. The highest BCUT2D eigenvalue weighted by Crippen LogP contribution is 2.44. The summed E-state index contributed by atoms with van der Waals surface area (Å²) in [6.45, 7) is 2.45. The lowest BCUT2D eigenvalue weighted by Crippen LogP contribution is -2.58. The summed E-state index contributed by atoms with van der Waals surface area (Å²) >= 11 is 0. The van der Waals surface area contributed by atoms with Crippen LogP contribution in [-0.2, 0) is 9.53 Å². The van der Waals surface area contributed by atoms with E-state index in [1.54, 1.807) is 6.92 Å². The van der Waals surface area contributed by atoms with E-state index in [0.29, 0.717) is 17.4 Å². The maximum atomic E-state index is 12.8. The van der Waals surface area contributed by atoms with E-state index in [1.807, 2.05) is 57.5 Å². The molecule has 1 amide bonds. The van der Waals surface area contributed by atoms with Crippen LogP contribution < -0.4 is 5.32 Å². The second-order valence-electron chi connectivity index (χ2n) is 10.0. The molecule has 34 heavy (non-hydrogen) atoms. The first-order chi connectivity index (χ1) is 16.1. The van der Waals surface area contributed by atoms with Gasteiger partial charge in [0.05, 0.1) is 27.7 Å². The summed E-state index contributed by atoms with van der Waals surface area (Å²) < 4.78 is 6.05. The smallest absolute Gasteiger partial charge is 0.407 e. The molecule has 0 fully saturated rings. The number of rotatable bonds is 10. The molecule has 0 aliphatic heterocycles. The number of benzene rings is 2. The van der Waals surface area contributed by atoms with Gasteiger partial charge in [0.1, 0.15) is 12.6 Å². The largest absolute Gasteiger partial charge is 0.480 e. The molecular formula is C25H32N5O4+. The van der Waals surface area contributed by atoms with Crippen LogP contribution in [0, 0.1) is 5.41 Å². The minimum Gasteiger partial charge on any atom is -0.480 e. The number of azide groups is 1. The van der Waals surface area contributed by atoms with Crippen LogP contribution in [0.5, 0.6) is 0 Å². The van der Waals surface area contributed by atoms with E-state index >= 15 is 0 Å². The highest BCUT2D eigenvalue weighted by Gasteiger charge is 2.44. The molecule has 3 rings (SSSR count). The number of quaternary nitrogens is 1. The zero-order valence-corrected chi connectivity index (χ0v) is 20.1. The number of hydrogen-bond donors (Lipinski definition) is 2. The number of carboxylic acids is 1. The second kappa shape index (κ2) is 10.2. The Morgan fingerprint density at radius 3 is 2.21 bits per heavy atom. The van der Waals surface area contributed by atoms with Gasteiger partial charge in [-0.05, 0) is 34.2 Å². The first kappa shape index (κ1) is 25.1. The molecule has 0 bridgehead atoms. The predicted molar refractivity (Wildman–Crippen MR) is 129 cm³/mol. The van der Waals surface area contributed by atoms with Gasteiger partial charge in [-0.3, -0.25) is 0 Å². The molecule has 9 nitrogen and oxygen atoms in total. The van der Waals surface area contributed by atoms with Gasteiger partial charge in [0.15, 0.2) is 0 Å². The lowest BCUT2D eigenvalue weighted by molar-refractivity contribution is -0.877. The number of carbonyl (C=O) groups excluding carboxylic acids is 1. The van der Waals surface area contributed by atoms with Gasteiger partial charge in [-0.2, -0.15) is 0 Å². The van der Waals surface area contributed by atoms with E-state index < -0.39 is 23.5 Å². The highest BCUT2D eigenvalue weighted by molar-refractivity contribution is 5.81. The van der Waals surface area contributed by atoms with Crippen molar-refractivity contribution in [3.63, 3.8) is 0 Å². The van der Waals surface area contributed by atoms with E-state index in [4.69, 9.17) is 10.3 Å². The van der Waals surface area contributed by atoms with Crippen molar-refractivity contribution in [2.45, 2.75) is 25.3 Å². The maximum absolute atomic E-state index is 12.8. The molecule has 2 aromatic rings. The number of hydrogen-bond acceptors (Lipinski definition) is 4. The fourth-order valence-electron chi connectivity index (χ4n) is 5.04. The van der Waals surface area contributed by atoms with Gasteiger partial charge in [-0.1, -0.05) is 60.6 Å². The molecule has 0 unspecified atom stereocenters. The van der Waals surface area contributed by atoms with Crippen LogP contribution in [0.1, 0.15) is 30.4 Å². The third kappa shape index (κ3) is 5.68. The van der Waals surface area contributed by atoms with Crippen molar-refractivity contribution in [1.82, 2.24) is 5.32 Å². The second-order valence-corrected chi connectivity index (χ2v) is 10.0. The molecule has 180 valence electrons. The summed E-state index contributed by atoms with van der Waals surface area (Å²) in [6, 6.07) is 14.8. The number of carboxylic acid groups (broad SMARTS) is 1. The van der Waals surface area contributed by atoms with Gasteiger partial charge in [0.25, 0.3) is 0 Å². The van der Waals surface area contributed by atoms with Gasteiger partial charge in [-0.15, -0.1) is 0 Å². The van der Waals surface area contributed by atoms with E-state index in [-0.39, 0.29) is 19.1 Å². The summed E-state index contributed by atoms with van der Waals surface area (Å²) in [5.74, 6) is -1.28. The van der Waals surface area contributed by atoms with Gasteiger partial charge >= 0.3 is 12.1 Å². The summed E-state index contributed by atoms with van der Waals surface area (Å²) in [5, 5.41) is 16.1. The SMILES string of the molecule is C[C@@](CCN=[N+]=[N-])(C[N+](C)(C)C)[C@@H](NC(=O)OCC1c2ccccc2-c2ccccc21)C(=O)O. The van der Waals surface area contributed by atoms with Crippen molar-refractivity contribution < 1.29 is 23.9 Å². The Morgan fingerprint density at radius 1 is 1.15 bits per heavy atom. The predicted octanol–water partition coefficient (Wildman–Crippen LogP) is 4.39. The standard InChI is InChI=1S/C25H31N5O4/c1-25(13-14-27-29-26,16-30(2,3)4)22(23(31)32)28-24(33)34-15-21-19-11-7-5-9-17(19)18-10-6-8-12-20(18)21/h5-12,21-22H,13-16H2,1-4H3,(H-,28,31,32,33)/p+1/t22-,25+/m0/s1. The maximum Gasteiger partial charge on any atom is 0.407 e. The zero-order chi connectivity index (χ0) is 24.9. The van der Waals surface area contributed by atoms with E-state index in [9.17, 15) is 14.7 Å². The third-order valence-corrected chi connectivity index (χ3v) is 6.23. The molecule has 0 saturated heterocycles. The Morgan fingerprint density at radius 2 is 1.71 bits per heavy atom. The molecule has 2 atom stereocenters. The molecule has 9 heteroatoms. The molecule has 0 heterocycles. The van der Waals surface area contributed by atoms with Crippen LogP contribution in [0.4, 0.5) is 4.79 Å². The number of amides is 1. The van der Waals surface area contributed by atoms with Crippen LogP contribution >= 0.6 is 0 Å². The number of nitrogens with zero attached hydrogens (tertiary/aromatic N) is 4. The van der Waals surface area contributed by atoms with Crippen molar-refractivity contribution in [1.29, 1.82) is 0 Å². The average Bonchev–Trinajstić information content (AvgIpc) is 3.08. The first-order valence-corrected chi connectivity index (χ1v) is 11.2. The van der Waals surface area contributed by atoms with Crippen LogP contribution in [0.25, 0.3) is 21.6 Å². The number of alkyl carbamates (subject to hydrolysis) is 1. The normalized spacial score (nSPS) is 15.3. The van der Waals surface area contributed by atoms with Crippen molar-refractivity contribution in [3.8, 4) is 11.1 Å². The minimum absolute atomic E-state index is 0.0942. The Labute approximate surface area is 199 Å². The minimum atomic E-state index is -1.21. The molecule has 0 aromatic heterocycles. The van der Waals surface area contributed by atoms with Gasteiger partial charge < -0.3 is 19.6 Å². The molecule has 2 N–H and O–H groups in total. The van der Waals surface area contributed by atoms with Gasteiger partial charge in [0.2, 0.25) is 0 Å². The van der Waals surface area contributed by atoms with Gasteiger partial charge in [-0.25, -0.2) is 9.59 Å². The number of aliphatic carboxylic acids is 1. The lowest BCUT2D eigenvalue weighted by atomic mass is 9.78. The van der Waals surface area contributed by atoms with E-state index in [0.717, 1.165) is 22.3 Å². The van der Waals surface area contributed by atoms with Crippen molar-refractivity contribution in [2.24, 2.45) is 10.5 Å². The average molecular weight is 467 g/mol. The van der Waals surface area contributed by atoms with Crippen LogP contribution in [0.3, 0.4) is 0 Å².